The Balaban J connectivity index is 2.13. The summed E-state index contributed by atoms with van der Waals surface area (Å²) in [5.74, 6) is 0. The molecule has 0 saturated heterocycles. The summed E-state index contributed by atoms with van der Waals surface area (Å²) < 4.78 is 0.382. The van der Waals surface area contributed by atoms with Gasteiger partial charge in [0.15, 0.2) is 0 Å². The van der Waals surface area contributed by atoms with Crippen LogP contribution in [0.25, 0.3) is 0 Å². The van der Waals surface area contributed by atoms with Crippen molar-refractivity contribution in [2.75, 3.05) is 5.43 Å². The van der Waals surface area contributed by atoms with Crippen molar-refractivity contribution >= 4 is 39.2 Å². The molecule has 0 aromatic carbocycles. The highest BCUT2D eigenvalue weighted by atomic mass is 79.9. The minimum absolute atomic E-state index is 0.294. The first kappa shape index (κ1) is 12.0. The number of nitrogens with zero attached hydrogens (tertiary/aromatic N) is 2. The van der Waals surface area contributed by atoms with Crippen LogP contribution in [0.15, 0.2) is 32.0 Å². The van der Waals surface area contributed by atoms with Crippen LogP contribution in [0, 0.1) is 6.92 Å². The van der Waals surface area contributed by atoms with Crippen molar-refractivity contribution in [2.24, 2.45) is 5.10 Å². The molecule has 2 aromatic heterocycles. The zero-order valence-electron chi connectivity index (χ0n) is 8.90. The Morgan fingerprint density at radius 3 is 3.18 bits per heavy atom. The summed E-state index contributed by atoms with van der Waals surface area (Å²) in [6.45, 7) is 2.02. The average Bonchev–Trinajstić information content (AvgIpc) is 2.71. The number of aromatic nitrogens is 2. The van der Waals surface area contributed by atoms with Gasteiger partial charge in [0, 0.05) is 4.88 Å². The van der Waals surface area contributed by atoms with Crippen LogP contribution in [-0.4, -0.2) is 16.4 Å². The third kappa shape index (κ3) is 2.80. The Bertz CT molecular complexity index is 604. The van der Waals surface area contributed by atoms with E-state index in [1.54, 1.807) is 17.6 Å². The van der Waals surface area contributed by atoms with Crippen LogP contribution < -0.4 is 11.0 Å². The van der Waals surface area contributed by atoms with Gasteiger partial charge in [0.05, 0.1) is 18.1 Å². The number of anilines is 1. The minimum Gasteiger partial charge on any atom is -0.275 e. The van der Waals surface area contributed by atoms with Crippen molar-refractivity contribution in [1.29, 1.82) is 0 Å². The monoisotopic (exact) mass is 312 g/mol. The van der Waals surface area contributed by atoms with E-state index < -0.39 is 0 Å². The number of hydrazone groups is 1. The fourth-order valence-electron chi connectivity index (χ4n) is 1.14. The Morgan fingerprint density at radius 1 is 1.65 bits per heavy atom. The highest BCUT2D eigenvalue weighted by Gasteiger charge is 2.02. The van der Waals surface area contributed by atoms with E-state index in [1.165, 1.54) is 11.8 Å². The molecule has 0 amide bonds. The molecule has 5 nitrogen and oxygen atoms in total. The molecule has 2 heterocycles. The molecule has 0 aliphatic heterocycles. The number of rotatable bonds is 3. The maximum Gasteiger partial charge on any atom is 0.280 e. The highest BCUT2D eigenvalue weighted by Crippen LogP contribution is 2.16. The maximum atomic E-state index is 11.2. The predicted octanol–water partition coefficient (Wildman–Crippen LogP) is 2.35. The van der Waals surface area contributed by atoms with E-state index >= 15 is 0 Å². The smallest absolute Gasteiger partial charge is 0.275 e. The van der Waals surface area contributed by atoms with Crippen LogP contribution in [0.2, 0.25) is 0 Å². The van der Waals surface area contributed by atoms with Crippen LogP contribution in [0.5, 0.6) is 0 Å². The van der Waals surface area contributed by atoms with Gasteiger partial charge in [0.1, 0.15) is 4.47 Å². The standard InChI is InChI=1S/C10H9BrN4OS/c1-6-2-3-17-8(6)5-13-14-7-4-12-15-10(16)9(7)11/h2-5H,1H3,(H2,14,15,16)/b13-5+. The molecule has 17 heavy (non-hydrogen) atoms. The molecule has 0 aliphatic carbocycles. The van der Waals surface area contributed by atoms with Gasteiger partial charge in [-0.2, -0.15) is 10.2 Å². The quantitative estimate of drug-likeness (QED) is 0.675. The van der Waals surface area contributed by atoms with Gasteiger partial charge in [-0.25, -0.2) is 5.10 Å². The number of H-pyrrole nitrogens is 1. The van der Waals surface area contributed by atoms with Crippen molar-refractivity contribution in [3.63, 3.8) is 0 Å². The first-order chi connectivity index (χ1) is 8.18. The summed E-state index contributed by atoms with van der Waals surface area (Å²) in [6.07, 6.45) is 3.21. The number of halogens is 1. The molecule has 2 N–H and O–H groups in total. The maximum absolute atomic E-state index is 11.2. The lowest BCUT2D eigenvalue weighted by molar-refractivity contribution is 0.977. The lowest BCUT2D eigenvalue weighted by atomic mass is 10.3. The third-order valence-electron chi connectivity index (χ3n) is 2.06. The predicted molar refractivity (Wildman–Crippen MR) is 72.8 cm³/mol. The second-order valence-corrected chi connectivity index (χ2v) is 5.01. The van der Waals surface area contributed by atoms with E-state index in [2.05, 4.69) is 36.7 Å². The lowest BCUT2D eigenvalue weighted by Gasteiger charge is -2.00. The summed E-state index contributed by atoms with van der Waals surface area (Å²) >= 11 is 4.76. The Morgan fingerprint density at radius 2 is 2.47 bits per heavy atom. The fraction of sp³-hybridized carbons (Fsp3) is 0.100. The van der Waals surface area contributed by atoms with Crippen LogP contribution in [0.4, 0.5) is 5.69 Å². The van der Waals surface area contributed by atoms with E-state index in [4.69, 9.17) is 0 Å². The summed E-state index contributed by atoms with van der Waals surface area (Å²) in [5.41, 5.74) is 4.17. The molecular formula is C10H9BrN4OS. The second kappa shape index (κ2) is 5.24. The van der Waals surface area contributed by atoms with Crippen molar-refractivity contribution in [3.05, 3.63) is 42.9 Å². The highest BCUT2D eigenvalue weighted by molar-refractivity contribution is 9.10. The largest absolute Gasteiger partial charge is 0.280 e. The molecular weight excluding hydrogens is 304 g/mol. The summed E-state index contributed by atoms with van der Waals surface area (Å²) in [6, 6.07) is 2.02. The van der Waals surface area contributed by atoms with Crippen molar-refractivity contribution < 1.29 is 0 Å². The Kier molecular flexibility index (Phi) is 3.70. The van der Waals surface area contributed by atoms with E-state index in [1.807, 2.05) is 18.4 Å². The van der Waals surface area contributed by atoms with Gasteiger partial charge >= 0.3 is 0 Å². The van der Waals surface area contributed by atoms with Gasteiger partial charge in [-0.05, 0) is 39.9 Å². The van der Waals surface area contributed by atoms with Gasteiger partial charge in [-0.1, -0.05) is 0 Å². The molecule has 0 unspecified atom stereocenters. The van der Waals surface area contributed by atoms with Gasteiger partial charge in [0.2, 0.25) is 0 Å². The molecule has 0 fully saturated rings. The minimum atomic E-state index is -0.294. The van der Waals surface area contributed by atoms with Gasteiger partial charge in [-0.3, -0.25) is 10.2 Å². The Labute approximate surface area is 110 Å². The molecule has 0 spiro atoms. The van der Waals surface area contributed by atoms with E-state index in [9.17, 15) is 4.79 Å². The molecule has 0 atom stereocenters. The van der Waals surface area contributed by atoms with Crippen molar-refractivity contribution in [3.8, 4) is 0 Å². The normalized spacial score (nSPS) is 10.9. The number of nitrogens with one attached hydrogen (secondary N) is 2. The molecule has 7 heteroatoms. The second-order valence-electron chi connectivity index (χ2n) is 3.26. The molecule has 0 bridgehead atoms. The van der Waals surface area contributed by atoms with Crippen LogP contribution >= 0.6 is 27.3 Å². The van der Waals surface area contributed by atoms with Gasteiger partial charge in [0.25, 0.3) is 5.56 Å². The van der Waals surface area contributed by atoms with E-state index in [-0.39, 0.29) is 5.56 Å². The zero-order chi connectivity index (χ0) is 12.3. The molecule has 2 aromatic rings. The number of aryl methyl sites for hydroxylation is 1. The SMILES string of the molecule is Cc1ccsc1/C=N/Nc1cn[nH]c(=O)c1Br. The molecule has 0 radical (unpaired) electrons. The third-order valence-corrected chi connectivity index (χ3v) is 3.80. The van der Waals surface area contributed by atoms with Crippen LogP contribution in [0.1, 0.15) is 10.4 Å². The number of hydrogen-bond acceptors (Lipinski definition) is 5. The molecule has 2 rings (SSSR count). The fourth-order valence-corrected chi connectivity index (χ4v) is 2.20. The first-order valence-electron chi connectivity index (χ1n) is 4.75. The topological polar surface area (TPSA) is 70.1 Å². The first-order valence-corrected chi connectivity index (χ1v) is 6.42. The van der Waals surface area contributed by atoms with Crippen LogP contribution in [-0.2, 0) is 0 Å². The van der Waals surface area contributed by atoms with Crippen molar-refractivity contribution in [1.82, 2.24) is 10.2 Å². The van der Waals surface area contributed by atoms with Crippen molar-refractivity contribution in [2.45, 2.75) is 6.92 Å². The number of thiophene rings is 1. The van der Waals surface area contributed by atoms with Gasteiger partial charge < -0.3 is 0 Å². The lowest BCUT2D eigenvalue weighted by Crippen LogP contribution is -2.10. The average molecular weight is 313 g/mol. The number of hydrogen-bond donors (Lipinski definition) is 2. The Hall–Kier alpha value is -1.47. The number of aromatic amines is 1. The summed E-state index contributed by atoms with van der Waals surface area (Å²) in [4.78, 5) is 12.3. The summed E-state index contributed by atoms with van der Waals surface area (Å²) in [7, 11) is 0. The van der Waals surface area contributed by atoms with Crippen LogP contribution in [0.3, 0.4) is 0 Å². The van der Waals surface area contributed by atoms with Gasteiger partial charge in [-0.15, -0.1) is 11.3 Å². The zero-order valence-corrected chi connectivity index (χ0v) is 11.3. The molecule has 0 aliphatic rings. The van der Waals surface area contributed by atoms with E-state index in [0.29, 0.717) is 10.2 Å². The summed E-state index contributed by atoms with van der Waals surface area (Å²) in [5, 5.41) is 12.0. The molecule has 0 saturated carbocycles. The van der Waals surface area contributed by atoms with E-state index in [0.717, 1.165) is 4.88 Å². The molecule has 88 valence electrons.